The van der Waals surface area contributed by atoms with Gasteiger partial charge in [-0.2, -0.15) is 0 Å². The van der Waals surface area contributed by atoms with Crippen LogP contribution in [0.1, 0.15) is 145 Å². The van der Waals surface area contributed by atoms with E-state index in [-0.39, 0.29) is 29.8 Å². The van der Waals surface area contributed by atoms with Crippen LogP contribution in [0.4, 0.5) is 0 Å². The smallest absolute Gasteiger partial charge is 0.163 e. The fourth-order valence-electron chi connectivity index (χ4n) is 6.59. The van der Waals surface area contributed by atoms with Gasteiger partial charge in [0.2, 0.25) is 0 Å². The van der Waals surface area contributed by atoms with Gasteiger partial charge in [-0.25, -0.2) is 0 Å². The summed E-state index contributed by atoms with van der Waals surface area (Å²) in [7, 11) is 0. The van der Waals surface area contributed by atoms with E-state index in [1.165, 1.54) is 62.1 Å². The van der Waals surface area contributed by atoms with Crippen LogP contribution in [-0.4, -0.2) is 17.3 Å². The summed E-state index contributed by atoms with van der Waals surface area (Å²) in [6.45, 7) is 12.1. The molecule has 0 bridgehead atoms. The molecule has 0 aliphatic heterocycles. The zero-order valence-electron chi connectivity index (χ0n) is 23.4. The predicted octanol–water partition coefficient (Wildman–Crippen LogP) is 8.58. The van der Waals surface area contributed by atoms with Crippen LogP contribution in [0.2, 0.25) is 0 Å². The van der Waals surface area contributed by atoms with Crippen molar-refractivity contribution >= 4 is 17.3 Å². The molecule has 196 valence electrons. The van der Waals surface area contributed by atoms with Crippen LogP contribution in [0, 0.1) is 24.7 Å². The number of hydrogen-bond donors (Lipinski definition) is 0. The highest BCUT2D eigenvalue weighted by Gasteiger charge is 2.33. The van der Waals surface area contributed by atoms with Crippen molar-refractivity contribution < 1.29 is 14.4 Å². The van der Waals surface area contributed by atoms with Crippen molar-refractivity contribution in [2.45, 2.75) is 131 Å². The van der Waals surface area contributed by atoms with Gasteiger partial charge in [-0.3, -0.25) is 14.4 Å². The summed E-state index contributed by atoms with van der Waals surface area (Å²) in [5, 5.41) is 0. The van der Waals surface area contributed by atoms with Crippen LogP contribution in [-0.2, 0) is 16.0 Å². The quantitative estimate of drug-likeness (QED) is 0.314. The largest absolute Gasteiger partial charge is 0.300 e. The second kappa shape index (κ2) is 14.7. The van der Waals surface area contributed by atoms with E-state index in [2.05, 4.69) is 46.8 Å². The van der Waals surface area contributed by atoms with Gasteiger partial charge in [0.15, 0.2) is 5.78 Å². The summed E-state index contributed by atoms with van der Waals surface area (Å²) < 4.78 is 0. The van der Waals surface area contributed by atoms with E-state index in [4.69, 9.17) is 0 Å². The average molecular weight is 483 g/mol. The number of carbonyl (C=O) groups excluding carboxylic acids is 3. The molecule has 0 aromatic heterocycles. The Balaban J connectivity index is 0.00000137. The molecule has 2 aliphatic carbocycles. The lowest BCUT2D eigenvalue weighted by atomic mass is 9.71. The van der Waals surface area contributed by atoms with Crippen LogP contribution >= 0.6 is 0 Å². The molecule has 3 nitrogen and oxygen atoms in total. The molecule has 0 amide bonds. The Hall–Kier alpha value is -1.77. The Morgan fingerprint density at radius 2 is 1.66 bits per heavy atom. The van der Waals surface area contributed by atoms with E-state index in [1.807, 2.05) is 0 Å². The molecule has 0 heterocycles. The Morgan fingerprint density at radius 1 is 1.00 bits per heavy atom. The molecule has 2 aliphatic rings. The zero-order chi connectivity index (χ0) is 26.0. The van der Waals surface area contributed by atoms with Crippen LogP contribution in [0.25, 0.3) is 0 Å². The van der Waals surface area contributed by atoms with E-state index in [0.717, 1.165) is 37.7 Å². The molecule has 35 heavy (non-hydrogen) atoms. The first-order valence-corrected chi connectivity index (χ1v) is 14.4. The molecule has 0 spiro atoms. The van der Waals surface area contributed by atoms with Crippen LogP contribution in [0.15, 0.2) is 12.1 Å². The maximum atomic E-state index is 13.3. The third-order valence-corrected chi connectivity index (χ3v) is 8.04. The topological polar surface area (TPSA) is 51.2 Å². The molecule has 3 heteroatoms. The molecule has 3 atom stereocenters. The minimum absolute atomic E-state index is 0.0466. The number of benzene rings is 1. The second-order valence-corrected chi connectivity index (χ2v) is 11.2. The van der Waals surface area contributed by atoms with E-state index >= 15 is 0 Å². The van der Waals surface area contributed by atoms with E-state index in [9.17, 15) is 14.4 Å². The van der Waals surface area contributed by atoms with Crippen molar-refractivity contribution in [2.75, 3.05) is 0 Å². The highest BCUT2D eigenvalue weighted by Crippen LogP contribution is 2.40. The number of rotatable bonds is 10. The van der Waals surface area contributed by atoms with Gasteiger partial charge in [-0.15, -0.1) is 0 Å². The van der Waals surface area contributed by atoms with Crippen molar-refractivity contribution in [2.24, 2.45) is 17.8 Å². The van der Waals surface area contributed by atoms with Crippen molar-refractivity contribution in [1.82, 2.24) is 0 Å². The summed E-state index contributed by atoms with van der Waals surface area (Å²) >= 11 is 0. The van der Waals surface area contributed by atoms with Gasteiger partial charge in [0.25, 0.3) is 0 Å². The number of ketones is 3. The SMILES string of the molecule is CCC.CCCC(CC1CC(=O)c2c(ccc(C3CCCCC3)c2C)C1)C(CC)C(=O)CC(C)=O. The standard InChI is InChI=1S/C29H42O3.C3H8/c1-5-10-23(25(6-2)27(31)15-19(3)30)16-21-17-24-13-14-26(22-11-8-7-9-12-22)20(4)29(24)28(32)18-21;1-3-2/h13-14,21-23,25H,5-12,15-18H2,1-4H3;3H2,1-2H3. The minimum atomic E-state index is -0.0641. The summed E-state index contributed by atoms with van der Waals surface area (Å²) in [5.41, 5.74) is 4.84. The summed E-state index contributed by atoms with van der Waals surface area (Å²) in [6.07, 6.45) is 13.0. The summed E-state index contributed by atoms with van der Waals surface area (Å²) in [5.74, 6) is 1.45. The first-order chi connectivity index (χ1) is 16.8. The highest BCUT2D eigenvalue weighted by molar-refractivity contribution is 6.00. The Kier molecular flexibility index (Phi) is 12.4. The molecule has 1 aromatic rings. The number of carbonyl (C=O) groups is 3. The normalized spacial score (nSPS) is 19.8. The van der Waals surface area contributed by atoms with Gasteiger partial charge in [0, 0.05) is 17.9 Å². The first kappa shape index (κ1) is 29.5. The van der Waals surface area contributed by atoms with Crippen LogP contribution in [0.3, 0.4) is 0 Å². The second-order valence-electron chi connectivity index (χ2n) is 11.2. The van der Waals surface area contributed by atoms with Gasteiger partial charge in [0.1, 0.15) is 11.6 Å². The molecular formula is C32H50O3. The highest BCUT2D eigenvalue weighted by atomic mass is 16.1. The van der Waals surface area contributed by atoms with Gasteiger partial charge >= 0.3 is 0 Å². The molecule has 0 saturated heterocycles. The number of fused-ring (bicyclic) bond motifs is 1. The Labute approximate surface area is 214 Å². The van der Waals surface area contributed by atoms with Gasteiger partial charge in [-0.05, 0) is 80.4 Å². The lowest BCUT2D eigenvalue weighted by molar-refractivity contribution is -0.129. The minimum Gasteiger partial charge on any atom is -0.300 e. The summed E-state index contributed by atoms with van der Waals surface area (Å²) in [6, 6.07) is 4.53. The lowest BCUT2D eigenvalue weighted by Crippen LogP contribution is -2.30. The lowest BCUT2D eigenvalue weighted by Gasteiger charge is -2.33. The molecule has 1 fully saturated rings. The third-order valence-electron chi connectivity index (χ3n) is 8.04. The van der Waals surface area contributed by atoms with Gasteiger partial charge in [0.05, 0.1) is 6.42 Å². The fourth-order valence-corrected chi connectivity index (χ4v) is 6.59. The molecule has 0 N–H and O–H groups in total. The van der Waals surface area contributed by atoms with E-state index < -0.39 is 0 Å². The van der Waals surface area contributed by atoms with Crippen LogP contribution in [0.5, 0.6) is 0 Å². The van der Waals surface area contributed by atoms with E-state index in [0.29, 0.717) is 24.0 Å². The van der Waals surface area contributed by atoms with Crippen molar-refractivity contribution in [1.29, 1.82) is 0 Å². The van der Waals surface area contributed by atoms with E-state index in [1.54, 1.807) is 0 Å². The Bertz CT molecular complexity index is 847. The maximum absolute atomic E-state index is 13.3. The molecule has 0 radical (unpaired) electrons. The van der Waals surface area contributed by atoms with Crippen LogP contribution < -0.4 is 0 Å². The zero-order valence-corrected chi connectivity index (χ0v) is 23.4. The first-order valence-electron chi connectivity index (χ1n) is 14.4. The third kappa shape index (κ3) is 8.12. The Morgan fingerprint density at radius 3 is 2.23 bits per heavy atom. The number of hydrogen-bond acceptors (Lipinski definition) is 3. The molecular weight excluding hydrogens is 432 g/mol. The number of Topliss-reactive ketones (excluding diaryl/α,β-unsaturated/α-hetero) is 3. The van der Waals surface area contributed by atoms with Crippen molar-refractivity contribution in [3.63, 3.8) is 0 Å². The van der Waals surface area contributed by atoms with Gasteiger partial charge < -0.3 is 0 Å². The monoisotopic (exact) mass is 482 g/mol. The fraction of sp³-hybridized carbons (Fsp3) is 0.719. The summed E-state index contributed by atoms with van der Waals surface area (Å²) in [4.78, 5) is 37.6. The molecule has 3 unspecified atom stereocenters. The van der Waals surface area contributed by atoms with Gasteiger partial charge in [-0.1, -0.05) is 78.4 Å². The molecule has 3 rings (SSSR count). The maximum Gasteiger partial charge on any atom is 0.163 e. The predicted molar refractivity (Wildman–Crippen MR) is 146 cm³/mol. The molecule has 1 saturated carbocycles. The van der Waals surface area contributed by atoms with Crippen molar-refractivity contribution in [3.8, 4) is 0 Å². The molecule has 1 aromatic carbocycles. The average Bonchev–Trinajstić information content (AvgIpc) is 2.80. The van der Waals surface area contributed by atoms with Crippen molar-refractivity contribution in [3.05, 3.63) is 34.4 Å².